The molecule has 0 N–H and O–H groups in total. The first kappa shape index (κ1) is 23.6. The number of rotatable bonds is 7. The molecule has 1 rings (SSSR count). The molecule has 0 radical (unpaired) electrons. The molecule has 0 saturated carbocycles. The predicted octanol–water partition coefficient (Wildman–Crippen LogP) is -0.148. The quantitative estimate of drug-likeness (QED) is 0.306. The molecule has 28 heavy (non-hydrogen) atoms. The third-order valence-corrected chi connectivity index (χ3v) is 3.52. The molecule has 11 nitrogen and oxygen atoms in total. The molecule has 1 heterocycles. The van der Waals surface area contributed by atoms with Gasteiger partial charge in [0.2, 0.25) is 12.4 Å². The van der Waals surface area contributed by atoms with Gasteiger partial charge >= 0.3 is 29.8 Å². The van der Waals surface area contributed by atoms with Gasteiger partial charge in [0.15, 0.2) is 12.2 Å². The fourth-order valence-corrected chi connectivity index (χ4v) is 2.50. The average Bonchev–Trinajstić information content (AvgIpc) is 2.56. The summed E-state index contributed by atoms with van der Waals surface area (Å²) in [5.41, 5.74) is 0. The molecule has 1 aliphatic rings. The summed E-state index contributed by atoms with van der Waals surface area (Å²) in [6.45, 7) is 3.94. The van der Waals surface area contributed by atoms with Crippen molar-refractivity contribution in [3.8, 4) is 0 Å². The number of hydrogen-bond donors (Lipinski definition) is 0. The topological polar surface area (TPSA) is 141 Å². The van der Waals surface area contributed by atoms with Crippen molar-refractivity contribution in [2.24, 2.45) is 0 Å². The lowest BCUT2D eigenvalue weighted by molar-refractivity contribution is -0.300. The minimum atomic E-state index is -1.53. The third kappa shape index (κ3) is 7.31. The van der Waals surface area contributed by atoms with Crippen LogP contribution in [0, 0.1) is 0 Å². The van der Waals surface area contributed by atoms with Crippen molar-refractivity contribution in [2.75, 3.05) is 12.5 Å². The number of ether oxygens (including phenoxy) is 6. The molecule has 0 spiro atoms. The first-order valence-corrected chi connectivity index (χ1v) is 8.64. The number of hydrogen-bond acceptors (Lipinski definition) is 11. The van der Waals surface area contributed by atoms with E-state index in [1.807, 2.05) is 0 Å². The summed E-state index contributed by atoms with van der Waals surface area (Å²) in [6, 6.07) is 0. The Hall–Kier alpha value is -2.40. The SMILES string of the molecule is CC(=O)OC[C@H]1O[C@H](OC(C)=O)[C@H](OC(C)=O)[C@@H](OC(=O)CCl)[C@@H]1OC(C)=O. The van der Waals surface area contributed by atoms with Crippen molar-refractivity contribution in [1.82, 2.24) is 0 Å². The third-order valence-electron chi connectivity index (χ3n) is 3.30. The van der Waals surface area contributed by atoms with Crippen molar-refractivity contribution in [3.05, 3.63) is 0 Å². The lowest BCUT2D eigenvalue weighted by Gasteiger charge is -2.43. The van der Waals surface area contributed by atoms with E-state index in [1.165, 1.54) is 0 Å². The van der Waals surface area contributed by atoms with Crippen LogP contribution in [0.4, 0.5) is 0 Å². The second-order valence-electron chi connectivity index (χ2n) is 5.69. The Morgan fingerprint density at radius 1 is 0.750 bits per heavy atom. The van der Waals surface area contributed by atoms with Crippen molar-refractivity contribution < 1.29 is 52.4 Å². The molecule has 0 bridgehead atoms. The highest BCUT2D eigenvalue weighted by Crippen LogP contribution is 2.30. The van der Waals surface area contributed by atoms with Crippen LogP contribution >= 0.6 is 11.6 Å². The second kappa shape index (κ2) is 10.8. The zero-order valence-corrected chi connectivity index (χ0v) is 16.4. The van der Waals surface area contributed by atoms with E-state index < -0.39 is 73.0 Å². The lowest BCUT2D eigenvalue weighted by Crippen LogP contribution is -2.63. The number of carbonyl (C=O) groups is 5. The standard InChI is InChI=1S/C16H21ClO11/c1-7(18)23-6-11-13(24-8(2)19)14(28-12(22)5-17)15(25-9(3)20)16(27-11)26-10(4)21/h11,13-16H,5-6H2,1-4H3/t11-,13-,14+,15-,16+/m1/s1. The monoisotopic (exact) mass is 424 g/mol. The summed E-state index contributed by atoms with van der Waals surface area (Å²) < 4.78 is 30.8. The van der Waals surface area contributed by atoms with E-state index in [1.54, 1.807) is 0 Å². The summed E-state index contributed by atoms with van der Waals surface area (Å²) in [7, 11) is 0. The van der Waals surface area contributed by atoms with Gasteiger partial charge in [0.05, 0.1) is 0 Å². The molecular weight excluding hydrogens is 404 g/mol. The number of carbonyl (C=O) groups excluding carboxylic acids is 5. The summed E-state index contributed by atoms with van der Waals surface area (Å²) in [6.07, 6.45) is -6.98. The second-order valence-corrected chi connectivity index (χ2v) is 5.96. The van der Waals surface area contributed by atoms with E-state index in [-0.39, 0.29) is 0 Å². The fourth-order valence-electron chi connectivity index (χ4n) is 2.44. The first-order chi connectivity index (χ1) is 13.0. The highest BCUT2D eigenvalue weighted by molar-refractivity contribution is 6.26. The molecule has 1 aliphatic heterocycles. The number of halogens is 1. The fraction of sp³-hybridized carbons (Fsp3) is 0.688. The Morgan fingerprint density at radius 2 is 1.29 bits per heavy atom. The van der Waals surface area contributed by atoms with Crippen LogP contribution in [0.25, 0.3) is 0 Å². The van der Waals surface area contributed by atoms with E-state index in [0.29, 0.717) is 0 Å². The highest BCUT2D eigenvalue weighted by atomic mass is 35.5. The summed E-state index contributed by atoms with van der Waals surface area (Å²) in [5.74, 6) is -4.51. The zero-order valence-electron chi connectivity index (χ0n) is 15.7. The van der Waals surface area contributed by atoms with Gasteiger partial charge in [-0.2, -0.15) is 0 Å². The highest BCUT2D eigenvalue weighted by Gasteiger charge is 2.53. The Kier molecular flexibility index (Phi) is 9.13. The Labute approximate surface area is 165 Å². The molecular formula is C16H21ClO11. The van der Waals surface area contributed by atoms with Gasteiger partial charge in [-0.05, 0) is 0 Å². The van der Waals surface area contributed by atoms with Crippen LogP contribution in [0.2, 0.25) is 0 Å². The molecule has 5 atom stereocenters. The van der Waals surface area contributed by atoms with E-state index >= 15 is 0 Å². The summed E-state index contributed by atoms with van der Waals surface area (Å²) in [4.78, 5) is 57.4. The van der Waals surface area contributed by atoms with E-state index in [0.717, 1.165) is 27.7 Å². The molecule has 0 amide bonds. The lowest BCUT2D eigenvalue weighted by atomic mass is 9.98. The average molecular weight is 425 g/mol. The molecule has 1 fully saturated rings. The molecule has 0 aromatic carbocycles. The molecule has 0 aromatic heterocycles. The minimum Gasteiger partial charge on any atom is -0.463 e. The normalized spacial score (nSPS) is 26.5. The maximum atomic E-state index is 11.8. The van der Waals surface area contributed by atoms with Crippen LogP contribution < -0.4 is 0 Å². The zero-order chi connectivity index (χ0) is 21.4. The smallest absolute Gasteiger partial charge is 0.321 e. The van der Waals surface area contributed by atoms with Crippen molar-refractivity contribution in [1.29, 1.82) is 0 Å². The molecule has 0 aliphatic carbocycles. The van der Waals surface area contributed by atoms with Crippen molar-refractivity contribution >= 4 is 41.4 Å². The first-order valence-electron chi connectivity index (χ1n) is 8.11. The van der Waals surface area contributed by atoms with Gasteiger partial charge in [0, 0.05) is 27.7 Å². The molecule has 1 saturated heterocycles. The molecule has 158 valence electrons. The Morgan fingerprint density at radius 3 is 1.75 bits per heavy atom. The number of esters is 5. The maximum absolute atomic E-state index is 11.8. The Bertz CT molecular complexity index is 620. The van der Waals surface area contributed by atoms with Gasteiger partial charge in [-0.1, -0.05) is 0 Å². The summed E-state index contributed by atoms with van der Waals surface area (Å²) in [5, 5.41) is 0. The van der Waals surface area contributed by atoms with Crippen LogP contribution in [0.5, 0.6) is 0 Å². The van der Waals surface area contributed by atoms with E-state index in [2.05, 4.69) is 0 Å². The summed E-state index contributed by atoms with van der Waals surface area (Å²) >= 11 is 5.46. The van der Waals surface area contributed by atoms with Crippen molar-refractivity contribution in [2.45, 2.75) is 58.4 Å². The van der Waals surface area contributed by atoms with Gasteiger partial charge < -0.3 is 28.4 Å². The Balaban J connectivity index is 3.32. The van der Waals surface area contributed by atoms with Crippen LogP contribution in [-0.2, 0) is 52.4 Å². The van der Waals surface area contributed by atoms with Crippen LogP contribution in [0.1, 0.15) is 27.7 Å². The largest absolute Gasteiger partial charge is 0.463 e. The number of alkyl halides is 1. The van der Waals surface area contributed by atoms with E-state index in [9.17, 15) is 24.0 Å². The molecule has 12 heteroatoms. The van der Waals surface area contributed by atoms with Gasteiger partial charge in [-0.25, -0.2) is 0 Å². The van der Waals surface area contributed by atoms with Gasteiger partial charge in [0.1, 0.15) is 18.6 Å². The van der Waals surface area contributed by atoms with Crippen LogP contribution in [-0.4, -0.2) is 73.0 Å². The van der Waals surface area contributed by atoms with Crippen LogP contribution in [0.3, 0.4) is 0 Å². The van der Waals surface area contributed by atoms with Gasteiger partial charge in [-0.15, -0.1) is 11.6 Å². The molecule has 0 unspecified atom stereocenters. The van der Waals surface area contributed by atoms with Gasteiger partial charge in [-0.3, -0.25) is 24.0 Å². The van der Waals surface area contributed by atoms with E-state index in [4.69, 9.17) is 40.0 Å². The van der Waals surface area contributed by atoms with Gasteiger partial charge in [0.25, 0.3) is 0 Å². The predicted molar refractivity (Wildman–Crippen MR) is 88.8 cm³/mol. The van der Waals surface area contributed by atoms with Crippen molar-refractivity contribution in [3.63, 3.8) is 0 Å². The minimum absolute atomic E-state index is 0.424. The van der Waals surface area contributed by atoms with Crippen LogP contribution in [0.15, 0.2) is 0 Å². The maximum Gasteiger partial charge on any atom is 0.321 e. The molecule has 0 aromatic rings.